The third-order valence-electron chi connectivity index (χ3n) is 1.96. The van der Waals surface area contributed by atoms with Crippen molar-refractivity contribution >= 4 is 42.1 Å². The topological polar surface area (TPSA) is 68.0 Å². The van der Waals surface area contributed by atoms with Gasteiger partial charge in [-0.15, -0.1) is 36.2 Å². The number of nitrogens with zero attached hydrogens (tertiary/aromatic N) is 1. The molecule has 0 aliphatic heterocycles. The van der Waals surface area contributed by atoms with E-state index in [0.717, 1.165) is 5.01 Å². The second-order valence-electron chi connectivity index (χ2n) is 3.88. The Bertz CT molecular complexity index is 307. The van der Waals surface area contributed by atoms with Gasteiger partial charge in [0, 0.05) is 11.6 Å². The highest BCUT2D eigenvalue weighted by molar-refractivity contribution is 7.09. The Kier molecular flexibility index (Phi) is 10.8. The molecule has 0 saturated carbocycles. The number of hydrogen-bond donors (Lipinski definition) is 2. The molecule has 100 valence electrons. The maximum atomic E-state index is 11.5. The number of rotatable bonds is 5. The molecule has 0 fully saturated rings. The van der Waals surface area contributed by atoms with Crippen LogP contribution in [0, 0.1) is 5.92 Å². The van der Waals surface area contributed by atoms with Crippen LogP contribution in [0.25, 0.3) is 0 Å². The van der Waals surface area contributed by atoms with Gasteiger partial charge in [-0.2, -0.15) is 0 Å². The van der Waals surface area contributed by atoms with Crippen molar-refractivity contribution in [1.29, 1.82) is 0 Å². The number of thiazole rings is 1. The summed E-state index contributed by atoms with van der Waals surface area (Å²) in [5.41, 5.74) is 5.73. The number of carbonyl (C=O) groups is 1. The van der Waals surface area contributed by atoms with Gasteiger partial charge in [-0.25, -0.2) is 4.98 Å². The van der Waals surface area contributed by atoms with Crippen molar-refractivity contribution in [2.45, 2.75) is 32.9 Å². The third kappa shape index (κ3) is 7.54. The fourth-order valence-corrected chi connectivity index (χ4v) is 1.81. The fourth-order valence-electron chi connectivity index (χ4n) is 1.25. The molecule has 0 radical (unpaired) electrons. The molecule has 1 rings (SSSR count). The van der Waals surface area contributed by atoms with Gasteiger partial charge in [-0.05, 0) is 12.3 Å². The van der Waals surface area contributed by atoms with Gasteiger partial charge in [0.2, 0.25) is 5.91 Å². The summed E-state index contributed by atoms with van der Waals surface area (Å²) < 4.78 is 0. The van der Waals surface area contributed by atoms with E-state index in [1.54, 1.807) is 6.20 Å². The van der Waals surface area contributed by atoms with Gasteiger partial charge in [-0.3, -0.25) is 4.79 Å². The van der Waals surface area contributed by atoms with E-state index in [1.807, 2.05) is 19.2 Å². The highest BCUT2D eigenvalue weighted by atomic mass is 35.5. The molecule has 1 aromatic rings. The van der Waals surface area contributed by atoms with Crippen molar-refractivity contribution in [1.82, 2.24) is 10.3 Å². The average Bonchev–Trinajstić information content (AvgIpc) is 2.65. The molecule has 0 aliphatic rings. The van der Waals surface area contributed by atoms with Crippen LogP contribution in [0.4, 0.5) is 0 Å². The van der Waals surface area contributed by atoms with Crippen LogP contribution in [-0.2, 0) is 11.3 Å². The van der Waals surface area contributed by atoms with E-state index in [0.29, 0.717) is 18.9 Å². The summed E-state index contributed by atoms with van der Waals surface area (Å²) in [5, 5.41) is 5.56. The Morgan fingerprint density at radius 2 is 2.18 bits per heavy atom. The van der Waals surface area contributed by atoms with Gasteiger partial charge >= 0.3 is 0 Å². The van der Waals surface area contributed by atoms with E-state index in [-0.39, 0.29) is 30.7 Å². The molecule has 0 spiro atoms. The summed E-state index contributed by atoms with van der Waals surface area (Å²) in [4.78, 5) is 15.6. The first-order chi connectivity index (χ1) is 7.09. The van der Waals surface area contributed by atoms with Crippen LogP contribution in [0.2, 0.25) is 0 Å². The Morgan fingerprint density at radius 3 is 2.65 bits per heavy atom. The van der Waals surface area contributed by atoms with Crippen molar-refractivity contribution in [2.24, 2.45) is 11.7 Å². The molecular formula is C10H19Cl2N3OS. The first-order valence-electron chi connectivity index (χ1n) is 5.01. The van der Waals surface area contributed by atoms with Crippen molar-refractivity contribution < 1.29 is 4.79 Å². The zero-order chi connectivity index (χ0) is 11.3. The van der Waals surface area contributed by atoms with Gasteiger partial charge in [0.25, 0.3) is 0 Å². The van der Waals surface area contributed by atoms with Crippen LogP contribution in [0.1, 0.15) is 25.3 Å². The summed E-state index contributed by atoms with van der Waals surface area (Å²) >= 11 is 1.52. The monoisotopic (exact) mass is 299 g/mol. The molecule has 1 amide bonds. The SMILES string of the molecule is CC(C)C[C@H](N)C(=O)NCc1nccs1.Cl.Cl. The predicted molar refractivity (Wildman–Crippen MR) is 75.9 cm³/mol. The van der Waals surface area contributed by atoms with Crippen LogP contribution in [0.5, 0.6) is 0 Å². The first kappa shape index (κ1) is 19.0. The van der Waals surface area contributed by atoms with E-state index < -0.39 is 6.04 Å². The number of amides is 1. The quantitative estimate of drug-likeness (QED) is 0.873. The molecule has 1 aromatic heterocycles. The highest BCUT2D eigenvalue weighted by Crippen LogP contribution is 2.05. The zero-order valence-corrected chi connectivity index (χ0v) is 12.3. The van der Waals surface area contributed by atoms with Crippen molar-refractivity contribution in [2.75, 3.05) is 0 Å². The number of nitrogens with one attached hydrogen (secondary N) is 1. The third-order valence-corrected chi connectivity index (χ3v) is 2.74. The minimum atomic E-state index is -0.412. The average molecular weight is 300 g/mol. The standard InChI is InChI=1S/C10H17N3OS.2ClH/c1-7(2)5-8(11)10(14)13-6-9-12-3-4-15-9;;/h3-4,7-8H,5-6,11H2,1-2H3,(H,13,14);2*1H/t8-;;/m0../s1. The fraction of sp³-hybridized carbons (Fsp3) is 0.600. The van der Waals surface area contributed by atoms with Crippen molar-refractivity contribution in [3.8, 4) is 0 Å². The van der Waals surface area contributed by atoms with E-state index in [2.05, 4.69) is 10.3 Å². The van der Waals surface area contributed by atoms with E-state index >= 15 is 0 Å². The maximum absolute atomic E-state index is 11.5. The number of hydrogen-bond acceptors (Lipinski definition) is 4. The Morgan fingerprint density at radius 1 is 1.53 bits per heavy atom. The zero-order valence-electron chi connectivity index (χ0n) is 9.88. The molecule has 3 N–H and O–H groups in total. The number of halogens is 2. The largest absolute Gasteiger partial charge is 0.348 e. The molecule has 7 heteroatoms. The lowest BCUT2D eigenvalue weighted by molar-refractivity contribution is -0.122. The number of nitrogens with two attached hydrogens (primary N) is 1. The Balaban J connectivity index is 0. The molecule has 0 aliphatic carbocycles. The van der Waals surface area contributed by atoms with E-state index in [4.69, 9.17) is 5.73 Å². The summed E-state index contributed by atoms with van der Waals surface area (Å²) in [6, 6.07) is -0.412. The molecule has 1 heterocycles. The van der Waals surface area contributed by atoms with Crippen LogP contribution in [-0.4, -0.2) is 16.9 Å². The van der Waals surface area contributed by atoms with Gasteiger partial charge < -0.3 is 11.1 Å². The second kappa shape index (κ2) is 9.65. The number of aromatic nitrogens is 1. The predicted octanol–water partition coefficient (Wildman–Crippen LogP) is 1.98. The first-order valence-corrected chi connectivity index (χ1v) is 5.89. The van der Waals surface area contributed by atoms with Crippen LogP contribution in [0.3, 0.4) is 0 Å². The molecule has 4 nitrogen and oxygen atoms in total. The van der Waals surface area contributed by atoms with Gasteiger partial charge in [-0.1, -0.05) is 13.8 Å². The molecular weight excluding hydrogens is 281 g/mol. The Hall–Kier alpha value is -0.360. The van der Waals surface area contributed by atoms with E-state index in [9.17, 15) is 4.79 Å². The van der Waals surface area contributed by atoms with Gasteiger partial charge in [0.1, 0.15) is 5.01 Å². The normalized spacial score (nSPS) is 11.3. The van der Waals surface area contributed by atoms with Crippen molar-refractivity contribution in [3.05, 3.63) is 16.6 Å². The van der Waals surface area contributed by atoms with Crippen LogP contribution < -0.4 is 11.1 Å². The summed E-state index contributed by atoms with van der Waals surface area (Å²) in [7, 11) is 0. The molecule has 1 atom stereocenters. The minimum Gasteiger partial charge on any atom is -0.348 e. The summed E-state index contributed by atoms with van der Waals surface area (Å²) in [6.07, 6.45) is 2.43. The number of carbonyl (C=O) groups excluding carboxylic acids is 1. The lowest BCUT2D eigenvalue weighted by Gasteiger charge is -2.13. The van der Waals surface area contributed by atoms with Crippen LogP contribution >= 0.6 is 36.2 Å². The van der Waals surface area contributed by atoms with E-state index in [1.165, 1.54) is 11.3 Å². The second-order valence-corrected chi connectivity index (χ2v) is 4.86. The molecule has 0 bridgehead atoms. The maximum Gasteiger partial charge on any atom is 0.237 e. The minimum absolute atomic E-state index is 0. The van der Waals surface area contributed by atoms with Gasteiger partial charge in [0.05, 0.1) is 12.6 Å². The smallest absolute Gasteiger partial charge is 0.237 e. The lowest BCUT2D eigenvalue weighted by atomic mass is 10.0. The van der Waals surface area contributed by atoms with Crippen molar-refractivity contribution in [3.63, 3.8) is 0 Å². The summed E-state index contributed by atoms with van der Waals surface area (Å²) in [6.45, 7) is 4.57. The van der Waals surface area contributed by atoms with Crippen LogP contribution in [0.15, 0.2) is 11.6 Å². The molecule has 0 unspecified atom stereocenters. The molecule has 17 heavy (non-hydrogen) atoms. The lowest BCUT2D eigenvalue weighted by Crippen LogP contribution is -2.40. The molecule has 0 saturated heterocycles. The summed E-state index contributed by atoms with van der Waals surface area (Å²) in [5.74, 6) is 0.338. The Labute approximate surface area is 118 Å². The molecule has 0 aromatic carbocycles. The highest BCUT2D eigenvalue weighted by Gasteiger charge is 2.14. The van der Waals surface area contributed by atoms with Gasteiger partial charge in [0.15, 0.2) is 0 Å².